The maximum Gasteiger partial charge on any atom is 0.356 e. The Morgan fingerprint density at radius 3 is 2.73 bits per heavy atom. The molecule has 0 radical (unpaired) electrons. The van der Waals surface area contributed by atoms with Crippen LogP contribution in [-0.4, -0.2) is 21.0 Å². The van der Waals surface area contributed by atoms with Gasteiger partial charge < -0.3 is 9.84 Å². The first-order chi connectivity index (χ1) is 14.5. The van der Waals surface area contributed by atoms with E-state index in [1.807, 2.05) is 18.2 Å². The van der Waals surface area contributed by atoms with Crippen LogP contribution in [0.2, 0.25) is 5.02 Å². The summed E-state index contributed by atoms with van der Waals surface area (Å²) >= 11 is 6.21. The molecule has 1 aromatic heterocycles. The monoisotopic (exact) mass is 424 g/mol. The molecular weight excluding hydrogens is 407 g/mol. The number of hydrogen-bond donors (Lipinski definition) is 1. The fourth-order valence-corrected chi connectivity index (χ4v) is 3.76. The minimum Gasteiger partial charge on any atom is -0.488 e. The van der Waals surface area contributed by atoms with Gasteiger partial charge in [0.1, 0.15) is 18.2 Å². The molecule has 0 unspecified atom stereocenters. The fourth-order valence-electron chi connectivity index (χ4n) is 3.57. The molecule has 0 fully saturated rings. The van der Waals surface area contributed by atoms with Crippen LogP contribution in [0.25, 0.3) is 11.1 Å². The summed E-state index contributed by atoms with van der Waals surface area (Å²) in [5, 5.41) is 9.82. The molecule has 0 atom stereocenters. The number of rotatable bonds is 6. The van der Waals surface area contributed by atoms with E-state index in [4.69, 9.17) is 16.3 Å². The maximum absolute atomic E-state index is 14.1. The van der Waals surface area contributed by atoms with Gasteiger partial charge in [-0.2, -0.15) is 0 Å². The standard InChI is InChI=1S/C23H18ClFN2O3/c24-19-7-2-1-4-14(19)13-30-22-9-8-15(25)10-18(22)16-5-3-6-17(16)20-11-26-12-21(27-20)23(28)29/h1-2,4,7-12H,3,5-6,13H2,(H,28,29). The Morgan fingerprint density at radius 2 is 1.93 bits per heavy atom. The molecule has 0 spiro atoms. The van der Waals surface area contributed by atoms with Crippen molar-refractivity contribution in [2.45, 2.75) is 25.9 Å². The van der Waals surface area contributed by atoms with E-state index in [9.17, 15) is 14.3 Å². The van der Waals surface area contributed by atoms with Crippen molar-refractivity contribution in [2.75, 3.05) is 0 Å². The highest BCUT2D eigenvalue weighted by Gasteiger charge is 2.23. The summed E-state index contributed by atoms with van der Waals surface area (Å²) in [6.07, 6.45) is 5.01. The van der Waals surface area contributed by atoms with Crippen LogP contribution in [0.4, 0.5) is 4.39 Å². The summed E-state index contributed by atoms with van der Waals surface area (Å²) in [6, 6.07) is 11.8. The van der Waals surface area contributed by atoms with Gasteiger partial charge in [0.2, 0.25) is 0 Å². The molecular formula is C23H18ClFN2O3. The van der Waals surface area contributed by atoms with Crippen LogP contribution in [0, 0.1) is 5.82 Å². The Hall–Kier alpha value is -3.25. The number of aromatic carboxylic acids is 1. The second-order valence-electron chi connectivity index (χ2n) is 6.93. The van der Waals surface area contributed by atoms with Crippen LogP contribution in [0.1, 0.15) is 46.6 Å². The Kier molecular flexibility index (Phi) is 5.77. The van der Waals surface area contributed by atoms with E-state index in [-0.39, 0.29) is 18.1 Å². The summed E-state index contributed by atoms with van der Waals surface area (Å²) in [4.78, 5) is 19.5. The molecule has 0 amide bonds. The highest BCUT2D eigenvalue weighted by atomic mass is 35.5. The van der Waals surface area contributed by atoms with Crippen LogP contribution < -0.4 is 4.74 Å². The van der Waals surface area contributed by atoms with Gasteiger partial charge in [0.05, 0.1) is 18.1 Å². The van der Waals surface area contributed by atoms with E-state index in [0.29, 0.717) is 34.9 Å². The van der Waals surface area contributed by atoms with Crippen LogP contribution in [0.15, 0.2) is 54.9 Å². The van der Waals surface area contributed by atoms with Crippen LogP contribution >= 0.6 is 11.6 Å². The number of nitrogens with zero attached hydrogens (tertiary/aromatic N) is 2. The third kappa shape index (κ3) is 4.19. The first-order valence-corrected chi connectivity index (χ1v) is 9.84. The average Bonchev–Trinajstić information content (AvgIpc) is 3.24. The van der Waals surface area contributed by atoms with Gasteiger partial charge in [-0.25, -0.2) is 14.2 Å². The second kappa shape index (κ2) is 8.63. The predicted molar refractivity (Wildman–Crippen MR) is 112 cm³/mol. The third-order valence-electron chi connectivity index (χ3n) is 4.99. The van der Waals surface area contributed by atoms with Gasteiger partial charge in [0.15, 0.2) is 5.69 Å². The van der Waals surface area contributed by atoms with Gasteiger partial charge in [0, 0.05) is 16.1 Å². The lowest BCUT2D eigenvalue weighted by Gasteiger charge is -2.15. The molecule has 1 aliphatic carbocycles. The second-order valence-corrected chi connectivity index (χ2v) is 7.33. The zero-order valence-electron chi connectivity index (χ0n) is 15.9. The van der Waals surface area contributed by atoms with Crippen molar-refractivity contribution in [2.24, 2.45) is 0 Å². The molecule has 1 aliphatic rings. The predicted octanol–water partition coefficient (Wildman–Crippen LogP) is 5.64. The van der Waals surface area contributed by atoms with Crippen molar-refractivity contribution in [1.29, 1.82) is 0 Å². The van der Waals surface area contributed by atoms with Crippen molar-refractivity contribution in [3.05, 3.63) is 88.2 Å². The molecule has 0 saturated heterocycles. The molecule has 0 saturated carbocycles. The van der Waals surface area contributed by atoms with Crippen molar-refractivity contribution >= 4 is 28.7 Å². The SMILES string of the molecule is O=C(O)c1cncc(C2=C(c3cc(F)ccc3OCc3ccccc3Cl)CCC2)n1. The van der Waals surface area contributed by atoms with Gasteiger partial charge >= 0.3 is 5.97 Å². The van der Waals surface area contributed by atoms with E-state index in [0.717, 1.165) is 23.1 Å². The Morgan fingerprint density at radius 1 is 1.13 bits per heavy atom. The summed E-state index contributed by atoms with van der Waals surface area (Å²) in [7, 11) is 0. The number of carboxylic acids is 1. The van der Waals surface area contributed by atoms with E-state index < -0.39 is 5.97 Å². The Bertz CT molecular complexity index is 1150. The number of hydrogen-bond acceptors (Lipinski definition) is 4. The minimum absolute atomic E-state index is 0.124. The van der Waals surface area contributed by atoms with E-state index >= 15 is 0 Å². The molecule has 5 nitrogen and oxygen atoms in total. The summed E-state index contributed by atoms with van der Waals surface area (Å²) in [6.45, 7) is 0.245. The van der Waals surface area contributed by atoms with Crippen molar-refractivity contribution in [1.82, 2.24) is 9.97 Å². The average molecular weight is 425 g/mol. The zero-order chi connectivity index (χ0) is 21.1. The third-order valence-corrected chi connectivity index (χ3v) is 5.36. The fraction of sp³-hybridized carbons (Fsp3) is 0.174. The number of carboxylic acid groups (broad SMARTS) is 1. The maximum atomic E-state index is 14.1. The van der Waals surface area contributed by atoms with Crippen LogP contribution in [0.5, 0.6) is 5.75 Å². The molecule has 152 valence electrons. The highest BCUT2D eigenvalue weighted by Crippen LogP contribution is 2.42. The van der Waals surface area contributed by atoms with E-state index in [1.165, 1.54) is 24.5 Å². The lowest BCUT2D eigenvalue weighted by atomic mass is 9.99. The van der Waals surface area contributed by atoms with Crippen molar-refractivity contribution in [3.63, 3.8) is 0 Å². The molecule has 3 aromatic rings. The molecule has 0 bridgehead atoms. The lowest BCUT2D eigenvalue weighted by molar-refractivity contribution is 0.0690. The van der Waals surface area contributed by atoms with Gasteiger partial charge in [-0.15, -0.1) is 0 Å². The van der Waals surface area contributed by atoms with E-state index in [1.54, 1.807) is 12.1 Å². The topological polar surface area (TPSA) is 72.3 Å². The summed E-state index contributed by atoms with van der Waals surface area (Å²) in [5.74, 6) is -0.980. The number of aromatic nitrogens is 2. The largest absolute Gasteiger partial charge is 0.488 e. The number of allylic oxidation sites excluding steroid dienone is 2. The van der Waals surface area contributed by atoms with Crippen LogP contribution in [0.3, 0.4) is 0 Å². The number of carbonyl (C=O) groups is 1. The zero-order valence-corrected chi connectivity index (χ0v) is 16.7. The number of halogens is 2. The first-order valence-electron chi connectivity index (χ1n) is 9.47. The molecule has 30 heavy (non-hydrogen) atoms. The highest BCUT2D eigenvalue weighted by molar-refractivity contribution is 6.31. The molecule has 0 aliphatic heterocycles. The number of benzene rings is 2. The Balaban J connectivity index is 1.72. The first kappa shape index (κ1) is 20.0. The molecule has 2 aromatic carbocycles. The normalized spacial score (nSPS) is 13.5. The summed E-state index contributed by atoms with van der Waals surface area (Å²) in [5.41, 5.74) is 3.58. The minimum atomic E-state index is -1.14. The lowest BCUT2D eigenvalue weighted by Crippen LogP contribution is -2.04. The number of ether oxygens (including phenoxy) is 1. The van der Waals surface area contributed by atoms with Gasteiger partial charge in [0.25, 0.3) is 0 Å². The van der Waals surface area contributed by atoms with Crippen molar-refractivity contribution in [3.8, 4) is 5.75 Å². The Labute approximate surface area is 177 Å². The van der Waals surface area contributed by atoms with Crippen LogP contribution in [-0.2, 0) is 6.61 Å². The summed E-state index contributed by atoms with van der Waals surface area (Å²) < 4.78 is 20.1. The molecule has 1 heterocycles. The smallest absolute Gasteiger partial charge is 0.356 e. The van der Waals surface area contributed by atoms with Gasteiger partial charge in [-0.05, 0) is 54.7 Å². The molecule has 7 heteroatoms. The quantitative estimate of drug-likeness (QED) is 0.554. The molecule has 1 N–H and O–H groups in total. The van der Waals surface area contributed by atoms with E-state index in [2.05, 4.69) is 9.97 Å². The van der Waals surface area contributed by atoms with Gasteiger partial charge in [-0.1, -0.05) is 29.8 Å². The van der Waals surface area contributed by atoms with Gasteiger partial charge in [-0.3, -0.25) is 4.98 Å². The molecule has 4 rings (SSSR count). The van der Waals surface area contributed by atoms with Crippen molar-refractivity contribution < 1.29 is 19.0 Å².